The van der Waals surface area contributed by atoms with Crippen molar-refractivity contribution in [3.8, 4) is 0 Å². The summed E-state index contributed by atoms with van der Waals surface area (Å²) in [7, 11) is 0. The number of morpholine rings is 1. The number of carbonyl (C=O) groups excluding carboxylic acids is 1. The van der Waals surface area contributed by atoms with Crippen molar-refractivity contribution in [3.05, 3.63) is 65.8 Å². The first-order chi connectivity index (χ1) is 14.5. The Morgan fingerprint density at radius 1 is 1.37 bits per heavy atom. The molecule has 3 aliphatic rings. The third-order valence-electron chi connectivity index (χ3n) is 6.53. The van der Waals surface area contributed by atoms with Gasteiger partial charge in [-0.1, -0.05) is 36.4 Å². The number of nitrogens with zero attached hydrogens (tertiary/aromatic N) is 3. The van der Waals surface area contributed by atoms with Crippen LogP contribution in [0.2, 0.25) is 0 Å². The molecule has 0 bridgehead atoms. The first-order valence-corrected chi connectivity index (χ1v) is 10.7. The maximum Gasteiger partial charge on any atom is 0.272 e. The minimum atomic E-state index is -1.44. The van der Waals surface area contributed by atoms with Crippen LogP contribution in [-0.2, 0) is 10.4 Å². The maximum absolute atomic E-state index is 15.3. The molecule has 2 aromatic rings. The molecule has 1 amide bonds. The number of amides is 1. The monoisotopic (exact) mass is 410 g/mol. The molecule has 1 N–H and O–H groups in total. The van der Waals surface area contributed by atoms with Gasteiger partial charge in [-0.2, -0.15) is 0 Å². The number of hydrogen-bond donors (Lipinski definition) is 1. The van der Waals surface area contributed by atoms with Gasteiger partial charge in [-0.25, -0.2) is 9.37 Å². The van der Waals surface area contributed by atoms with E-state index < -0.39 is 5.67 Å². The molecule has 158 valence electrons. The van der Waals surface area contributed by atoms with E-state index in [4.69, 9.17) is 4.74 Å². The molecule has 1 aliphatic carbocycles. The lowest BCUT2D eigenvalue weighted by Gasteiger charge is -2.41. The van der Waals surface area contributed by atoms with Gasteiger partial charge in [-0.15, -0.1) is 0 Å². The largest absolute Gasteiger partial charge is 0.373 e. The molecule has 7 heteroatoms. The molecule has 4 unspecified atom stereocenters. The van der Waals surface area contributed by atoms with E-state index in [1.807, 2.05) is 45.9 Å². The van der Waals surface area contributed by atoms with Gasteiger partial charge in [0.25, 0.3) is 5.91 Å². The lowest BCUT2D eigenvalue weighted by molar-refractivity contribution is -0.0416. The van der Waals surface area contributed by atoms with Gasteiger partial charge < -0.3 is 19.5 Å². The zero-order chi connectivity index (χ0) is 20.7. The average Bonchev–Trinajstić information content (AvgIpc) is 3.20. The molecule has 0 saturated carbocycles. The number of rotatable bonds is 2. The van der Waals surface area contributed by atoms with Crippen LogP contribution in [-0.4, -0.2) is 58.7 Å². The van der Waals surface area contributed by atoms with Crippen molar-refractivity contribution in [1.29, 1.82) is 0 Å². The Kier molecular flexibility index (Phi) is 4.95. The molecule has 5 rings (SSSR count). The van der Waals surface area contributed by atoms with Gasteiger partial charge in [0.2, 0.25) is 0 Å². The molecule has 2 fully saturated rings. The number of ether oxygens (including phenoxy) is 1. The van der Waals surface area contributed by atoms with Crippen LogP contribution in [0.15, 0.2) is 48.9 Å². The first-order valence-electron chi connectivity index (χ1n) is 10.7. The van der Waals surface area contributed by atoms with Crippen molar-refractivity contribution in [2.75, 3.05) is 26.2 Å². The van der Waals surface area contributed by atoms with E-state index in [1.165, 1.54) is 0 Å². The van der Waals surface area contributed by atoms with Crippen molar-refractivity contribution in [2.24, 2.45) is 0 Å². The fourth-order valence-corrected chi connectivity index (χ4v) is 4.92. The van der Waals surface area contributed by atoms with Crippen LogP contribution < -0.4 is 5.32 Å². The van der Waals surface area contributed by atoms with Gasteiger partial charge in [0, 0.05) is 32.1 Å². The minimum absolute atomic E-state index is 0.0265. The van der Waals surface area contributed by atoms with Crippen molar-refractivity contribution in [2.45, 2.75) is 43.6 Å². The quantitative estimate of drug-likeness (QED) is 0.774. The number of hydrogen-bond acceptors (Lipinski definition) is 4. The Labute approximate surface area is 175 Å². The van der Waals surface area contributed by atoms with Crippen LogP contribution in [0.5, 0.6) is 0 Å². The molecule has 4 atom stereocenters. The Morgan fingerprint density at radius 2 is 2.23 bits per heavy atom. The molecule has 0 radical (unpaired) electrons. The average molecular weight is 410 g/mol. The zero-order valence-electron chi connectivity index (χ0n) is 17.1. The molecule has 30 heavy (non-hydrogen) atoms. The second-order valence-electron chi connectivity index (χ2n) is 8.56. The summed E-state index contributed by atoms with van der Waals surface area (Å²) >= 11 is 0. The van der Waals surface area contributed by atoms with Crippen molar-refractivity contribution in [1.82, 2.24) is 19.8 Å². The smallest absolute Gasteiger partial charge is 0.272 e. The van der Waals surface area contributed by atoms with E-state index in [2.05, 4.69) is 10.3 Å². The van der Waals surface area contributed by atoms with Crippen LogP contribution in [0.4, 0.5) is 4.39 Å². The van der Waals surface area contributed by atoms with Gasteiger partial charge in [0.1, 0.15) is 11.4 Å². The zero-order valence-corrected chi connectivity index (χ0v) is 17.1. The third-order valence-corrected chi connectivity index (χ3v) is 6.53. The summed E-state index contributed by atoms with van der Waals surface area (Å²) in [6.07, 6.45) is 8.33. The lowest BCUT2D eigenvalue weighted by Crippen LogP contribution is -2.58. The van der Waals surface area contributed by atoms with Crippen molar-refractivity contribution >= 4 is 5.91 Å². The topological polar surface area (TPSA) is 59.4 Å². The van der Waals surface area contributed by atoms with Crippen LogP contribution >= 0.6 is 0 Å². The summed E-state index contributed by atoms with van der Waals surface area (Å²) in [5, 5.41) is 3.48. The van der Waals surface area contributed by atoms with Crippen LogP contribution in [0.3, 0.4) is 0 Å². The van der Waals surface area contributed by atoms with Crippen LogP contribution in [0.1, 0.15) is 47.4 Å². The number of likely N-dealkylation sites (tertiary alicyclic amines) is 1. The third kappa shape index (κ3) is 3.36. The van der Waals surface area contributed by atoms with E-state index in [0.29, 0.717) is 43.4 Å². The number of aromatic nitrogens is 2. The number of allylic oxidation sites excluding steroid dienone is 2. The normalized spacial score (nSPS) is 31.0. The summed E-state index contributed by atoms with van der Waals surface area (Å²) in [6.45, 7) is 4.40. The Balaban J connectivity index is 1.46. The summed E-state index contributed by atoms with van der Waals surface area (Å²) in [4.78, 5) is 19.5. The molecule has 6 nitrogen and oxygen atoms in total. The number of carbonyl (C=O) groups is 1. The Morgan fingerprint density at radius 3 is 3.13 bits per heavy atom. The highest BCUT2D eigenvalue weighted by Gasteiger charge is 2.36. The molecule has 2 aliphatic heterocycles. The molecule has 1 aromatic heterocycles. The van der Waals surface area contributed by atoms with Gasteiger partial charge in [-0.05, 0) is 24.5 Å². The fraction of sp³-hybridized carbons (Fsp3) is 0.478. The van der Waals surface area contributed by atoms with E-state index in [1.54, 1.807) is 19.4 Å². The van der Waals surface area contributed by atoms with Crippen molar-refractivity contribution < 1.29 is 13.9 Å². The predicted molar refractivity (Wildman–Crippen MR) is 111 cm³/mol. The van der Waals surface area contributed by atoms with Gasteiger partial charge in [0.05, 0.1) is 31.3 Å². The van der Waals surface area contributed by atoms with Gasteiger partial charge in [-0.3, -0.25) is 4.79 Å². The van der Waals surface area contributed by atoms with Gasteiger partial charge in [0.15, 0.2) is 0 Å². The molecule has 1 aromatic carbocycles. The number of halogens is 1. The first kappa shape index (κ1) is 19.5. The van der Waals surface area contributed by atoms with E-state index in [-0.39, 0.29) is 18.1 Å². The maximum atomic E-state index is 15.3. The van der Waals surface area contributed by atoms with Gasteiger partial charge >= 0.3 is 0 Å². The standard InChI is InChI=1S/C23H27FN4O2/c1-23(24)9-4-7-19(16-5-2-3-6-17(16)23)28-15-25-13-20(28)22(29)27-11-8-18-21(14-27)30-12-10-26-18/h2-7,13,15,18-19,21,26H,8-12,14H2,1H3. The van der Waals surface area contributed by atoms with Crippen LogP contribution in [0, 0.1) is 0 Å². The molecular formula is C23H27FN4O2. The number of benzene rings is 1. The van der Waals surface area contributed by atoms with E-state index in [9.17, 15) is 4.79 Å². The highest BCUT2D eigenvalue weighted by atomic mass is 19.1. The SMILES string of the molecule is CC1(F)CC=CC(n2cncc2C(=O)N2CCC3NCCOC3C2)c2ccccc21. The number of imidazole rings is 1. The summed E-state index contributed by atoms with van der Waals surface area (Å²) in [5.41, 5.74) is 0.598. The second-order valence-corrected chi connectivity index (χ2v) is 8.56. The summed E-state index contributed by atoms with van der Waals surface area (Å²) < 4.78 is 23.0. The number of piperidine rings is 1. The Hall–Kier alpha value is -2.51. The summed E-state index contributed by atoms with van der Waals surface area (Å²) in [6, 6.07) is 7.59. The number of nitrogens with one attached hydrogen (secondary N) is 1. The Bertz CT molecular complexity index is 970. The lowest BCUT2D eigenvalue weighted by atomic mass is 9.90. The fourth-order valence-electron chi connectivity index (χ4n) is 4.92. The molecular weight excluding hydrogens is 383 g/mol. The van der Waals surface area contributed by atoms with E-state index in [0.717, 1.165) is 18.5 Å². The number of alkyl halides is 1. The predicted octanol–water partition coefficient (Wildman–Crippen LogP) is 2.82. The minimum Gasteiger partial charge on any atom is -0.373 e. The molecule has 3 heterocycles. The second kappa shape index (κ2) is 7.63. The van der Waals surface area contributed by atoms with Crippen molar-refractivity contribution in [3.63, 3.8) is 0 Å². The number of fused-ring (bicyclic) bond motifs is 2. The molecule has 2 saturated heterocycles. The highest BCUT2D eigenvalue weighted by Crippen LogP contribution is 2.39. The molecule has 0 spiro atoms. The van der Waals surface area contributed by atoms with E-state index >= 15 is 4.39 Å². The highest BCUT2D eigenvalue weighted by molar-refractivity contribution is 5.92. The summed E-state index contributed by atoms with van der Waals surface area (Å²) in [5.74, 6) is -0.0572. The van der Waals surface area contributed by atoms with Crippen LogP contribution in [0.25, 0.3) is 0 Å².